The molecule has 1 aromatic rings. The summed E-state index contributed by atoms with van der Waals surface area (Å²) in [5.41, 5.74) is 0.471. The molecule has 0 spiro atoms. The van der Waals surface area contributed by atoms with Crippen LogP contribution in [0.3, 0.4) is 0 Å². The monoisotopic (exact) mass is 282 g/mol. The first-order valence-corrected chi connectivity index (χ1v) is 7.19. The molecule has 0 amide bonds. The number of ether oxygens (including phenoxy) is 1. The van der Waals surface area contributed by atoms with Crippen molar-refractivity contribution in [3.05, 3.63) is 34.9 Å². The minimum atomic E-state index is -0.545. The van der Waals surface area contributed by atoms with Crippen molar-refractivity contribution in [3.63, 3.8) is 0 Å². The molecule has 0 aromatic heterocycles. The number of aliphatic hydroxyl groups is 1. The Kier molecular flexibility index (Phi) is 5.23. The van der Waals surface area contributed by atoms with Crippen LogP contribution in [0.1, 0.15) is 48.9 Å². The fraction of sp³-hybridized carbons (Fsp3) is 0.533. The maximum absolute atomic E-state index is 12.0. The van der Waals surface area contributed by atoms with Crippen LogP contribution in [0.2, 0.25) is 5.02 Å². The standard InChI is InChI=1S/C15H19ClO3/c16-12-9-7-11(8-10-12)15(18)19-14-6-4-2-1-3-5-13(14)17/h7-10,13-14,17H,1-6H2/t13-,14+/m1/s1. The average molecular weight is 283 g/mol. The average Bonchev–Trinajstić information content (AvgIpc) is 2.39. The summed E-state index contributed by atoms with van der Waals surface area (Å²) in [4.78, 5) is 12.0. The fourth-order valence-corrected chi connectivity index (χ4v) is 2.49. The zero-order chi connectivity index (χ0) is 13.7. The Labute approximate surface area is 118 Å². The fourth-order valence-electron chi connectivity index (χ4n) is 2.36. The minimum absolute atomic E-state index is 0.386. The molecule has 4 heteroatoms. The van der Waals surface area contributed by atoms with Crippen molar-refractivity contribution in [2.24, 2.45) is 0 Å². The van der Waals surface area contributed by atoms with E-state index in [4.69, 9.17) is 16.3 Å². The highest BCUT2D eigenvalue weighted by molar-refractivity contribution is 6.30. The SMILES string of the molecule is O=C(O[C@H]1CCCCCC[C@H]1O)c1ccc(Cl)cc1. The maximum Gasteiger partial charge on any atom is 0.338 e. The molecule has 0 aliphatic heterocycles. The third kappa shape index (κ3) is 4.22. The summed E-state index contributed by atoms with van der Waals surface area (Å²) < 4.78 is 5.43. The van der Waals surface area contributed by atoms with Crippen LogP contribution in [-0.4, -0.2) is 23.3 Å². The Balaban J connectivity index is 1.97. The quantitative estimate of drug-likeness (QED) is 0.844. The number of hydrogen-bond donors (Lipinski definition) is 1. The van der Waals surface area contributed by atoms with E-state index in [0.717, 1.165) is 32.1 Å². The Morgan fingerprint density at radius 1 is 1.11 bits per heavy atom. The second kappa shape index (κ2) is 6.92. The molecule has 0 unspecified atom stereocenters. The number of carbonyl (C=O) groups is 1. The van der Waals surface area contributed by atoms with Crippen LogP contribution in [0.5, 0.6) is 0 Å². The Morgan fingerprint density at radius 2 is 1.74 bits per heavy atom. The number of hydrogen-bond acceptors (Lipinski definition) is 3. The number of rotatable bonds is 2. The zero-order valence-corrected chi connectivity index (χ0v) is 11.6. The molecule has 3 nitrogen and oxygen atoms in total. The van der Waals surface area contributed by atoms with Crippen LogP contribution in [-0.2, 0) is 4.74 Å². The van der Waals surface area contributed by atoms with Crippen molar-refractivity contribution in [1.29, 1.82) is 0 Å². The van der Waals surface area contributed by atoms with E-state index in [1.165, 1.54) is 0 Å². The van der Waals surface area contributed by atoms with E-state index >= 15 is 0 Å². The molecule has 104 valence electrons. The maximum atomic E-state index is 12.0. The van der Waals surface area contributed by atoms with E-state index in [9.17, 15) is 9.90 Å². The molecular weight excluding hydrogens is 264 g/mol. The lowest BCUT2D eigenvalue weighted by Crippen LogP contribution is -2.32. The summed E-state index contributed by atoms with van der Waals surface area (Å²) >= 11 is 5.78. The lowest BCUT2D eigenvalue weighted by molar-refractivity contribution is -0.0282. The van der Waals surface area contributed by atoms with Gasteiger partial charge in [-0.15, -0.1) is 0 Å². The lowest BCUT2D eigenvalue weighted by Gasteiger charge is -2.25. The highest BCUT2D eigenvalue weighted by Gasteiger charge is 2.24. The molecule has 2 atom stereocenters. The van der Waals surface area contributed by atoms with Gasteiger partial charge >= 0.3 is 5.97 Å². The van der Waals surface area contributed by atoms with E-state index in [1.807, 2.05) is 0 Å². The van der Waals surface area contributed by atoms with Crippen LogP contribution in [0.4, 0.5) is 0 Å². The van der Waals surface area contributed by atoms with Crippen LogP contribution >= 0.6 is 11.6 Å². The molecule has 1 aliphatic rings. The largest absolute Gasteiger partial charge is 0.456 e. The summed E-state index contributed by atoms with van der Waals surface area (Å²) in [6.45, 7) is 0. The van der Waals surface area contributed by atoms with Crippen molar-refractivity contribution in [2.75, 3.05) is 0 Å². The molecule has 1 aromatic carbocycles. The molecule has 1 fully saturated rings. The number of benzene rings is 1. The molecule has 0 bridgehead atoms. The summed E-state index contributed by atoms with van der Waals surface area (Å²) in [6.07, 6.45) is 4.79. The van der Waals surface area contributed by atoms with Crippen molar-refractivity contribution in [1.82, 2.24) is 0 Å². The first-order valence-electron chi connectivity index (χ1n) is 6.81. The molecule has 0 heterocycles. The number of carbonyl (C=O) groups excluding carboxylic acids is 1. The van der Waals surface area contributed by atoms with E-state index in [2.05, 4.69) is 0 Å². The number of halogens is 1. The van der Waals surface area contributed by atoms with Gasteiger partial charge in [0.05, 0.1) is 11.7 Å². The molecule has 1 aliphatic carbocycles. The minimum Gasteiger partial charge on any atom is -0.456 e. The summed E-state index contributed by atoms with van der Waals surface area (Å²) in [6, 6.07) is 6.60. The topological polar surface area (TPSA) is 46.5 Å². The van der Waals surface area contributed by atoms with Gasteiger partial charge in [0.1, 0.15) is 6.10 Å². The Morgan fingerprint density at radius 3 is 2.42 bits per heavy atom. The van der Waals surface area contributed by atoms with Gasteiger partial charge in [-0.25, -0.2) is 4.79 Å². The third-order valence-electron chi connectivity index (χ3n) is 3.51. The first-order chi connectivity index (χ1) is 9.16. The highest BCUT2D eigenvalue weighted by atomic mass is 35.5. The summed E-state index contributed by atoms with van der Waals surface area (Å²) in [7, 11) is 0. The van der Waals surface area contributed by atoms with E-state index in [-0.39, 0.29) is 12.1 Å². The van der Waals surface area contributed by atoms with Crippen LogP contribution in [0, 0.1) is 0 Å². The van der Waals surface area contributed by atoms with Gasteiger partial charge in [-0.2, -0.15) is 0 Å². The Hall–Kier alpha value is -1.06. The molecule has 0 radical (unpaired) electrons. The van der Waals surface area contributed by atoms with Crippen molar-refractivity contribution in [3.8, 4) is 0 Å². The summed E-state index contributed by atoms with van der Waals surface area (Å²) in [5, 5.41) is 10.6. The molecular formula is C15H19ClO3. The smallest absolute Gasteiger partial charge is 0.338 e. The zero-order valence-electron chi connectivity index (χ0n) is 10.8. The molecule has 1 saturated carbocycles. The van der Waals surface area contributed by atoms with Gasteiger partial charge in [-0.05, 0) is 43.5 Å². The third-order valence-corrected chi connectivity index (χ3v) is 3.76. The number of esters is 1. The normalized spacial score (nSPS) is 24.3. The Bertz CT molecular complexity index is 416. The van der Waals surface area contributed by atoms with E-state index < -0.39 is 6.10 Å². The highest BCUT2D eigenvalue weighted by Crippen LogP contribution is 2.21. The van der Waals surface area contributed by atoms with Crippen LogP contribution < -0.4 is 0 Å². The summed E-state index contributed by atoms with van der Waals surface area (Å²) in [5.74, 6) is -0.388. The molecule has 0 saturated heterocycles. The van der Waals surface area contributed by atoms with Crippen molar-refractivity contribution in [2.45, 2.75) is 50.7 Å². The predicted molar refractivity (Wildman–Crippen MR) is 74.4 cm³/mol. The molecule has 2 rings (SSSR count). The van der Waals surface area contributed by atoms with Gasteiger partial charge in [-0.3, -0.25) is 0 Å². The van der Waals surface area contributed by atoms with Gasteiger partial charge < -0.3 is 9.84 Å². The van der Waals surface area contributed by atoms with Gasteiger partial charge in [-0.1, -0.05) is 30.9 Å². The van der Waals surface area contributed by atoms with Gasteiger partial charge in [0.15, 0.2) is 0 Å². The van der Waals surface area contributed by atoms with Crippen LogP contribution in [0.15, 0.2) is 24.3 Å². The van der Waals surface area contributed by atoms with Gasteiger partial charge in [0, 0.05) is 5.02 Å². The number of aliphatic hydroxyl groups excluding tert-OH is 1. The van der Waals surface area contributed by atoms with E-state index in [1.54, 1.807) is 24.3 Å². The molecule has 19 heavy (non-hydrogen) atoms. The second-order valence-electron chi connectivity index (χ2n) is 5.01. The van der Waals surface area contributed by atoms with Crippen molar-refractivity contribution >= 4 is 17.6 Å². The van der Waals surface area contributed by atoms with Gasteiger partial charge in [0.25, 0.3) is 0 Å². The molecule has 1 N–H and O–H groups in total. The van der Waals surface area contributed by atoms with Gasteiger partial charge in [0.2, 0.25) is 0 Å². The van der Waals surface area contributed by atoms with E-state index in [0.29, 0.717) is 17.0 Å². The predicted octanol–water partition coefficient (Wildman–Crippen LogP) is 3.58. The first kappa shape index (κ1) is 14.4. The second-order valence-corrected chi connectivity index (χ2v) is 5.45. The van der Waals surface area contributed by atoms with Crippen LogP contribution in [0.25, 0.3) is 0 Å². The lowest BCUT2D eigenvalue weighted by atomic mass is 9.96. The van der Waals surface area contributed by atoms with Crippen molar-refractivity contribution < 1.29 is 14.6 Å².